The van der Waals surface area contributed by atoms with Gasteiger partial charge in [-0.05, 0) is 12.8 Å². The van der Waals surface area contributed by atoms with Gasteiger partial charge >= 0.3 is 0 Å². The van der Waals surface area contributed by atoms with Gasteiger partial charge in [-0.15, -0.1) is 0 Å². The maximum absolute atomic E-state index is 12.4. The highest BCUT2D eigenvalue weighted by molar-refractivity contribution is 7.89. The van der Waals surface area contributed by atoms with Crippen LogP contribution in [0.2, 0.25) is 0 Å². The lowest BCUT2D eigenvalue weighted by Gasteiger charge is -2.35. The third-order valence-corrected chi connectivity index (χ3v) is 6.38. The molecule has 0 unspecified atom stereocenters. The molecule has 0 N–H and O–H groups in total. The zero-order valence-corrected chi connectivity index (χ0v) is 11.8. The summed E-state index contributed by atoms with van der Waals surface area (Å²) in [6.07, 6.45) is 4.15. The largest absolute Gasteiger partial charge is 0.340 e. The fraction of sp³-hybridized carbons (Fsp3) is 0.917. The van der Waals surface area contributed by atoms with E-state index in [1.54, 1.807) is 9.21 Å². The Morgan fingerprint density at radius 1 is 1.11 bits per heavy atom. The van der Waals surface area contributed by atoms with Crippen LogP contribution in [0.3, 0.4) is 0 Å². The van der Waals surface area contributed by atoms with Gasteiger partial charge in [-0.1, -0.05) is 19.8 Å². The van der Waals surface area contributed by atoms with E-state index in [9.17, 15) is 13.2 Å². The maximum Gasteiger partial charge on any atom is 0.222 e. The van der Waals surface area contributed by atoms with Crippen molar-refractivity contribution in [2.45, 2.75) is 44.3 Å². The van der Waals surface area contributed by atoms with Crippen LogP contribution in [0.15, 0.2) is 0 Å². The number of carbonyl (C=O) groups is 1. The van der Waals surface area contributed by atoms with Crippen LogP contribution in [-0.2, 0) is 14.8 Å². The second-order valence-electron chi connectivity index (χ2n) is 5.08. The molecule has 0 radical (unpaired) electrons. The van der Waals surface area contributed by atoms with E-state index >= 15 is 0 Å². The van der Waals surface area contributed by atoms with E-state index in [4.69, 9.17) is 0 Å². The molecule has 1 saturated carbocycles. The van der Waals surface area contributed by atoms with Crippen molar-refractivity contribution in [1.82, 2.24) is 9.21 Å². The molecule has 0 spiro atoms. The predicted molar refractivity (Wildman–Crippen MR) is 69.6 cm³/mol. The minimum absolute atomic E-state index is 0.118. The Morgan fingerprint density at radius 3 is 2.17 bits per heavy atom. The average Bonchev–Trinajstić information content (AvgIpc) is 2.92. The van der Waals surface area contributed by atoms with Crippen LogP contribution in [0.4, 0.5) is 0 Å². The van der Waals surface area contributed by atoms with Gasteiger partial charge in [-0.25, -0.2) is 8.42 Å². The molecule has 1 aliphatic heterocycles. The first-order valence-corrected chi connectivity index (χ1v) is 8.32. The highest BCUT2D eigenvalue weighted by Crippen LogP contribution is 2.27. The summed E-state index contributed by atoms with van der Waals surface area (Å²) in [6, 6.07) is 0. The van der Waals surface area contributed by atoms with Crippen molar-refractivity contribution in [2.75, 3.05) is 26.2 Å². The summed E-state index contributed by atoms with van der Waals surface area (Å²) in [4.78, 5) is 13.3. The van der Waals surface area contributed by atoms with Crippen LogP contribution in [0.1, 0.15) is 39.0 Å². The molecule has 0 aromatic heterocycles. The SMILES string of the molecule is CCC(=O)N1CCN(S(=O)(=O)C2CCCC2)CC1. The summed E-state index contributed by atoms with van der Waals surface area (Å²) in [5.41, 5.74) is 0. The predicted octanol–water partition coefficient (Wildman–Crippen LogP) is 0.813. The molecule has 18 heavy (non-hydrogen) atoms. The van der Waals surface area contributed by atoms with Crippen molar-refractivity contribution in [2.24, 2.45) is 0 Å². The Kier molecular flexibility index (Phi) is 4.27. The average molecular weight is 274 g/mol. The van der Waals surface area contributed by atoms with Crippen LogP contribution in [0, 0.1) is 0 Å². The van der Waals surface area contributed by atoms with Crippen molar-refractivity contribution in [3.8, 4) is 0 Å². The molecule has 2 rings (SSSR count). The Labute approximate surface area is 109 Å². The first kappa shape index (κ1) is 13.8. The fourth-order valence-corrected chi connectivity index (χ4v) is 4.84. The molecular weight excluding hydrogens is 252 g/mol. The molecule has 6 heteroatoms. The van der Waals surface area contributed by atoms with Crippen molar-refractivity contribution in [1.29, 1.82) is 0 Å². The Hall–Kier alpha value is -0.620. The number of hydrogen-bond acceptors (Lipinski definition) is 3. The number of sulfonamides is 1. The molecule has 2 aliphatic rings. The van der Waals surface area contributed by atoms with Crippen molar-refractivity contribution < 1.29 is 13.2 Å². The molecule has 1 aliphatic carbocycles. The normalized spacial score (nSPS) is 23.5. The van der Waals surface area contributed by atoms with Gasteiger partial charge in [-0.3, -0.25) is 4.79 Å². The number of piperazine rings is 1. The number of amides is 1. The third kappa shape index (κ3) is 2.69. The zero-order valence-electron chi connectivity index (χ0n) is 11.0. The van der Waals surface area contributed by atoms with Gasteiger partial charge in [0.15, 0.2) is 0 Å². The van der Waals surface area contributed by atoms with Gasteiger partial charge in [0.05, 0.1) is 5.25 Å². The number of carbonyl (C=O) groups excluding carboxylic acids is 1. The molecule has 0 bridgehead atoms. The van der Waals surface area contributed by atoms with Gasteiger partial charge < -0.3 is 4.90 Å². The van der Waals surface area contributed by atoms with E-state index in [1.165, 1.54) is 0 Å². The first-order chi connectivity index (χ1) is 8.55. The summed E-state index contributed by atoms with van der Waals surface area (Å²) in [5, 5.41) is -0.175. The number of rotatable bonds is 3. The second-order valence-corrected chi connectivity index (χ2v) is 7.30. The van der Waals surface area contributed by atoms with Crippen molar-refractivity contribution in [3.05, 3.63) is 0 Å². The molecule has 0 aromatic rings. The molecule has 5 nitrogen and oxygen atoms in total. The fourth-order valence-electron chi connectivity index (χ4n) is 2.81. The third-order valence-electron chi connectivity index (χ3n) is 3.98. The van der Waals surface area contributed by atoms with Crippen LogP contribution in [-0.4, -0.2) is 55.0 Å². The molecule has 1 amide bonds. The zero-order chi connectivity index (χ0) is 13.2. The van der Waals surface area contributed by atoms with Crippen LogP contribution >= 0.6 is 0 Å². The van der Waals surface area contributed by atoms with Gasteiger partial charge in [0.25, 0.3) is 0 Å². The lowest BCUT2D eigenvalue weighted by atomic mass is 10.3. The van der Waals surface area contributed by atoms with E-state index in [1.807, 2.05) is 6.92 Å². The van der Waals surface area contributed by atoms with Crippen LogP contribution in [0.25, 0.3) is 0 Å². The van der Waals surface area contributed by atoms with Crippen LogP contribution in [0.5, 0.6) is 0 Å². The van der Waals surface area contributed by atoms with E-state index < -0.39 is 10.0 Å². The van der Waals surface area contributed by atoms with E-state index in [0.717, 1.165) is 25.7 Å². The van der Waals surface area contributed by atoms with Gasteiger partial charge in [0.2, 0.25) is 15.9 Å². The summed E-state index contributed by atoms with van der Waals surface area (Å²) < 4.78 is 26.3. The highest BCUT2D eigenvalue weighted by atomic mass is 32.2. The van der Waals surface area contributed by atoms with E-state index in [-0.39, 0.29) is 11.2 Å². The molecule has 0 aromatic carbocycles. The molecular formula is C12H22N2O3S. The highest BCUT2D eigenvalue weighted by Gasteiger charge is 2.36. The minimum atomic E-state index is -3.12. The van der Waals surface area contributed by atoms with Crippen molar-refractivity contribution in [3.63, 3.8) is 0 Å². The molecule has 1 saturated heterocycles. The molecule has 104 valence electrons. The maximum atomic E-state index is 12.4. The van der Waals surface area contributed by atoms with Gasteiger partial charge in [-0.2, -0.15) is 4.31 Å². The lowest BCUT2D eigenvalue weighted by Crippen LogP contribution is -2.52. The second kappa shape index (κ2) is 5.57. The topological polar surface area (TPSA) is 57.7 Å². The number of nitrogens with zero attached hydrogens (tertiary/aromatic N) is 2. The van der Waals surface area contributed by atoms with Gasteiger partial charge in [0.1, 0.15) is 0 Å². The van der Waals surface area contributed by atoms with E-state index in [0.29, 0.717) is 32.6 Å². The Balaban J connectivity index is 1.94. The Bertz CT molecular complexity index is 394. The molecule has 2 fully saturated rings. The standard InChI is InChI=1S/C12H22N2O3S/c1-2-12(15)13-7-9-14(10-8-13)18(16,17)11-5-3-4-6-11/h11H,2-10H2,1H3. The van der Waals surface area contributed by atoms with Crippen LogP contribution < -0.4 is 0 Å². The molecule has 0 atom stereocenters. The first-order valence-electron chi connectivity index (χ1n) is 6.82. The summed E-state index contributed by atoms with van der Waals surface area (Å²) in [5.74, 6) is 0.118. The monoisotopic (exact) mass is 274 g/mol. The summed E-state index contributed by atoms with van der Waals surface area (Å²) in [6.45, 7) is 3.84. The minimum Gasteiger partial charge on any atom is -0.340 e. The van der Waals surface area contributed by atoms with Gasteiger partial charge in [0, 0.05) is 32.6 Å². The van der Waals surface area contributed by atoms with Crippen molar-refractivity contribution >= 4 is 15.9 Å². The van der Waals surface area contributed by atoms with E-state index in [2.05, 4.69) is 0 Å². The number of hydrogen-bond donors (Lipinski definition) is 0. The Morgan fingerprint density at radius 2 is 1.67 bits per heavy atom. The summed E-state index contributed by atoms with van der Waals surface area (Å²) >= 11 is 0. The molecule has 1 heterocycles. The lowest BCUT2D eigenvalue weighted by molar-refractivity contribution is -0.132. The smallest absolute Gasteiger partial charge is 0.222 e. The summed E-state index contributed by atoms with van der Waals surface area (Å²) in [7, 11) is -3.12. The quantitative estimate of drug-likeness (QED) is 0.765.